The standard InChI is InChI=1S/C12H16BrN/c1-9-2-3-10(13)8-11(9)12(4-5-12)6-7-14/h2-3,8H,4-7,14H2,1H3. The van der Waals surface area contributed by atoms with E-state index >= 15 is 0 Å². The van der Waals surface area contributed by atoms with E-state index in [1.807, 2.05) is 0 Å². The second-order valence-electron chi connectivity index (χ2n) is 4.28. The number of nitrogens with two attached hydrogens (primary N) is 1. The molecule has 0 atom stereocenters. The van der Waals surface area contributed by atoms with Crippen molar-refractivity contribution in [3.8, 4) is 0 Å². The van der Waals surface area contributed by atoms with Crippen molar-refractivity contribution in [3.05, 3.63) is 33.8 Å². The molecule has 0 aromatic heterocycles. The maximum absolute atomic E-state index is 5.67. The summed E-state index contributed by atoms with van der Waals surface area (Å²) < 4.78 is 1.18. The summed E-state index contributed by atoms with van der Waals surface area (Å²) in [6.07, 6.45) is 3.74. The van der Waals surface area contributed by atoms with Crippen molar-refractivity contribution in [1.29, 1.82) is 0 Å². The van der Waals surface area contributed by atoms with Crippen LogP contribution in [0.15, 0.2) is 22.7 Å². The second kappa shape index (κ2) is 3.67. The molecule has 0 aliphatic heterocycles. The van der Waals surface area contributed by atoms with Gasteiger partial charge >= 0.3 is 0 Å². The Morgan fingerprint density at radius 3 is 2.71 bits per heavy atom. The largest absolute Gasteiger partial charge is 0.330 e. The fourth-order valence-corrected chi connectivity index (χ4v) is 2.61. The summed E-state index contributed by atoms with van der Waals surface area (Å²) in [6.45, 7) is 2.99. The lowest BCUT2D eigenvalue weighted by molar-refractivity contribution is 0.625. The average molecular weight is 254 g/mol. The van der Waals surface area contributed by atoms with E-state index in [0.29, 0.717) is 5.41 Å². The van der Waals surface area contributed by atoms with Crippen molar-refractivity contribution in [2.75, 3.05) is 6.54 Å². The Labute approximate surface area is 93.8 Å². The van der Waals surface area contributed by atoms with Crippen LogP contribution < -0.4 is 5.73 Å². The Hall–Kier alpha value is -0.340. The van der Waals surface area contributed by atoms with E-state index in [1.54, 1.807) is 0 Å². The highest BCUT2D eigenvalue weighted by molar-refractivity contribution is 9.10. The molecule has 2 N–H and O–H groups in total. The molecule has 1 nitrogen and oxygen atoms in total. The van der Waals surface area contributed by atoms with E-state index in [4.69, 9.17) is 5.73 Å². The minimum absolute atomic E-state index is 0.419. The van der Waals surface area contributed by atoms with Crippen molar-refractivity contribution < 1.29 is 0 Å². The SMILES string of the molecule is Cc1ccc(Br)cc1C1(CCN)CC1. The normalized spacial score (nSPS) is 18.2. The van der Waals surface area contributed by atoms with Crippen molar-refractivity contribution in [3.63, 3.8) is 0 Å². The highest BCUT2D eigenvalue weighted by Crippen LogP contribution is 2.52. The zero-order valence-corrected chi connectivity index (χ0v) is 10.1. The van der Waals surface area contributed by atoms with Crippen LogP contribution in [0.3, 0.4) is 0 Å². The van der Waals surface area contributed by atoms with Gasteiger partial charge in [-0.2, -0.15) is 0 Å². The van der Waals surface area contributed by atoms with E-state index < -0.39 is 0 Å². The third-order valence-electron chi connectivity index (χ3n) is 3.25. The number of hydrogen-bond donors (Lipinski definition) is 1. The van der Waals surface area contributed by atoms with Gasteiger partial charge in [-0.1, -0.05) is 22.0 Å². The Morgan fingerprint density at radius 1 is 1.43 bits per heavy atom. The molecule has 2 heteroatoms. The van der Waals surface area contributed by atoms with Gasteiger partial charge in [0.15, 0.2) is 0 Å². The van der Waals surface area contributed by atoms with Crippen LogP contribution in [0.1, 0.15) is 30.4 Å². The number of hydrogen-bond acceptors (Lipinski definition) is 1. The average Bonchev–Trinajstić information content (AvgIpc) is 2.91. The highest BCUT2D eigenvalue weighted by atomic mass is 79.9. The first-order valence-corrected chi connectivity index (χ1v) is 5.94. The molecule has 0 spiro atoms. The van der Waals surface area contributed by atoms with Crippen molar-refractivity contribution in [2.24, 2.45) is 5.73 Å². The van der Waals surface area contributed by atoms with Crippen LogP contribution in [-0.2, 0) is 5.41 Å². The van der Waals surface area contributed by atoms with Gasteiger partial charge in [-0.3, -0.25) is 0 Å². The van der Waals surface area contributed by atoms with Crippen LogP contribution >= 0.6 is 15.9 Å². The van der Waals surface area contributed by atoms with Gasteiger partial charge in [0, 0.05) is 4.47 Å². The molecular weight excluding hydrogens is 238 g/mol. The molecule has 2 rings (SSSR count). The van der Waals surface area contributed by atoms with E-state index in [2.05, 4.69) is 41.1 Å². The summed E-state index contributed by atoms with van der Waals surface area (Å²) in [6, 6.07) is 6.56. The molecule has 1 aromatic rings. The number of aryl methyl sites for hydroxylation is 1. The van der Waals surface area contributed by atoms with Crippen molar-refractivity contribution in [1.82, 2.24) is 0 Å². The monoisotopic (exact) mass is 253 g/mol. The number of halogens is 1. The van der Waals surface area contributed by atoms with Gasteiger partial charge in [-0.05, 0) is 61.4 Å². The summed E-state index contributed by atoms with van der Waals surface area (Å²) in [4.78, 5) is 0. The second-order valence-corrected chi connectivity index (χ2v) is 5.19. The van der Waals surface area contributed by atoms with E-state index in [9.17, 15) is 0 Å². The van der Waals surface area contributed by atoms with Crippen LogP contribution in [0.2, 0.25) is 0 Å². The predicted octanol–water partition coefficient (Wildman–Crippen LogP) is 3.14. The Kier molecular flexibility index (Phi) is 2.67. The summed E-state index contributed by atoms with van der Waals surface area (Å²) in [5.74, 6) is 0. The molecule has 1 saturated carbocycles. The minimum atomic E-state index is 0.419. The van der Waals surface area contributed by atoms with Crippen molar-refractivity contribution >= 4 is 15.9 Å². The molecule has 1 aliphatic carbocycles. The zero-order valence-electron chi connectivity index (χ0n) is 8.52. The molecule has 0 unspecified atom stereocenters. The lowest BCUT2D eigenvalue weighted by Crippen LogP contribution is -2.14. The minimum Gasteiger partial charge on any atom is -0.330 e. The Morgan fingerprint density at radius 2 is 2.14 bits per heavy atom. The lowest BCUT2D eigenvalue weighted by Gasteiger charge is -2.17. The molecule has 0 saturated heterocycles. The van der Waals surface area contributed by atoms with E-state index in [1.165, 1.54) is 28.4 Å². The lowest BCUT2D eigenvalue weighted by atomic mass is 9.89. The summed E-state index contributed by atoms with van der Waals surface area (Å²) >= 11 is 3.54. The third-order valence-corrected chi connectivity index (χ3v) is 3.74. The highest BCUT2D eigenvalue weighted by Gasteiger charge is 2.44. The van der Waals surface area contributed by atoms with Crippen LogP contribution in [0.4, 0.5) is 0 Å². The van der Waals surface area contributed by atoms with Gasteiger partial charge < -0.3 is 5.73 Å². The fraction of sp³-hybridized carbons (Fsp3) is 0.500. The van der Waals surface area contributed by atoms with Gasteiger partial charge in [0.25, 0.3) is 0 Å². The predicted molar refractivity (Wildman–Crippen MR) is 63.5 cm³/mol. The molecule has 0 heterocycles. The maximum Gasteiger partial charge on any atom is 0.0178 e. The smallest absolute Gasteiger partial charge is 0.0178 e. The molecule has 0 amide bonds. The molecular formula is C12H16BrN. The molecule has 1 aliphatic rings. The first-order valence-electron chi connectivity index (χ1n) is 5.15. The summed E-state index contributed by atoms with van der Waals surface area (Å²) in [7, 11) is 0. The Bertz CT molecular complexity index is 342. The number of rotatable bonds is 3. The fourth-order valence-electron chi connectivity index (χ4n) is 2.25. The number of benzene rings is 1. The zero-order chi connectivity index (χ0) is 10.2. The molecule has 1 fully saturated rings. The van der Waals surface area contributed by atoms with Crippen LogP contribution in [0.25, 0.3) is 0 Å². The molecule has 0 radical (unpaired) electrons. The topological polar surface area (TPSA) is 26.0 Å². The van der Waals surface area contributed by atoms with E-state index in [-0.39, 0.29) is 0 Å². The molecule has 0 bridgehead atoms. The summed E-state index contributed by atoms with van der Waals surface area (Å²) in [5.41, 5.74) is 8.99. The molecule has 14 heavy (non-hydrogen) atoms. The van der Waals surface area contributed by atoms with E-state index in [0.717, 1.165) is 13.0 Å². The van der Waals surface area contributed by atoms with Crippen molar-refractivity contribution in [2.45, 2.75) is 31.6 Å². The van der Waals surface area contributed by atoms with Crippen LogP contribution in [-0.4, -0.2) is 6.54 Å². The van der Waals surface area contributed by atoms with Gasteiger partial charge in [-0.15, -0.1) is 0 Å². The first-order chi connectivity index (χ1) is 6.68. The first kappa shape index (κ1) is 10.2. The Balaban J connectivity index is 2.35. The molecule has 76 valence electrons. The molecule has 1 aromatic carbocycles. The van der Waals surface area contributed by atoms with Gasteiger partial charge in [0.1, 0.15) is 0 Å². The van der Waals surface area contributed by atoms with Gasteiger partial charge in [-0.25, -0.2) is 0 Å². The quantitative estimate of drug-likeness (QED) is 0.881. The summed E-state index contributed by atoms with van der Waals surface area (Å²) in [5, 5.41) is 0. The van der Waals surface area contributed by atoms with Crippen LogP contribution in [0, 0.1) is 6.92 Å². The third kappa shape index (κ3) is 1.73. The van der Waals surface area contributed by atoms with Crippen LogP contribution in [0.5, 0.6) is 0 Å². The van der Waals surface area contributed by atoms with Gasteiger partial charge in [0.2, 0.25) is 0 Å². The van der Waals surface area contributed by atoms with Gasteiger partial charge in [0.05, 0.1) is 0 Å². The maximum atomic E-state index is 5.67.